The van der Waals surface area contributed by atoms with Crippen LogP contribution < -0.4 is 0 Å². The van der Waals surface area contributed by atoms with Gasteiger partial charge in [-0.3, -0.25) is 9.59 Å². The Hall–Kier alpha value is -1.24. The molecule has 3 N–H and O–H groups in total. The highest BCUT2D eigenvalue weighted by Gasteiger charge is 2.39. The van der Waals surface area contributed by atoms with Crippen molar-refractivity contribution in [2.24, 2.45) is 11.8 Å². The van der Waals surface area contributed by atoms with Gasteiger partial charge < -0.3 is 20.1 Å². The zero-order valence-corrected chi connectivity index (χ0v) is 19.0. The van der Waals surface area contributed by atoms with Gasteiger partial charge >= 0.3 is 5.97 Å². The molecule has 30 heavy (non-hydrogen) atoms. The van der Waals surface area contributed by atoms with Crippen LogP contribution in [0.5, 0.6) is 0 Å². The van der Waals surface area contributed by atoms with Crippen LogP contribution in [0.2, 0.25) is 0 Å². The van der Waals surface area contributed by atoms with Crippen LogP contribution in [0.15, 0.2) is 12.2 Å². The van der Waals surface area contributed by atoms with E-state index in [-0.39, 0.29) is 24.2 Å². The van der Waals surface area contributed by atoms with E-state index in [4.69, 9.17) is 4.74 Å². The summed E-state index contributed by atoms with van der Waals surface area (Å²) in [5.41, 5.74) is -0.883. The smallest absolute Gasteiger partial charge is 0.303 e. The zero-order valence-electron chi connectivity index (χ0n) is 19.0. The summed E-state index contributed by atoms with van der Waals surface area (Å²) in [5, 5.41) is 31.3. The first kappa shape index (κ1) is 26.8. The average Bonchev–Trinajstić information content (AvgIpc) is 2.94. The molecule has 174 valence electrons. The lowest BCUT2D eigenvalue weighted by molar-refractivity contribution is -0.145. The number of ketones is 1. The Morgan fingerprint density at radius 3 is 2.43 bits per heavy atom. The number of unbranched alkanes of at least 4 members (excludes halogenated alkanes) is 5. The molecule has 1 fully saturated rings. The molecule has 1 aliphatic rings. The molecule has 1 rings (SSSR count). The summed E-state index contributed by atoms with van der Waals surface area (Å²) in [4.78, 5) is 22.3. The first-order valence-electron chi connectivity index (χ1n) is 11.6. The van der Waals surface area contributed by atoms with Crippen LogP contribution in [0.25, 0.3) is 0 Å². The van der Waals surface area contributed by atoms with Crippen molar-refractivity contribution in [2.75, 3.05) is 6.61 Å². The number of hydrogen-bond donors (Lipinski definition) is 3. The van der Waals surface area contributed by atoms with E-state index < -0.39 is 23.8 Å². The molecule has 0 radical (unpaired) electrons. The van der Waals surface area contributed by atoms with E-state index in [1.54, 1.807) is 13.0 Å². The van der Waals surface area contributed by atoms with Gasteiger partial charge in [0.05, 0.1) is 17.8 Å². The van der Waals surface area contributed by atoms with Gasteiger partial charge in [-0.1, -0.05) is 57.6 Å². The quantitative estimate of drug-likeness (QED) is 0.209. The summed E-state index contributed by atoms with van der Waals surface area (Å²) in [5.74, 6) is -0.640. The highest BCUT2D eigenvalue weighted by atomic mass is 16.5. The molecule has 0 aromatic heterocycles. The number of aliphatic hydroxyl groups excluding tert-OH is 2. The summed E-state index contributed by atoms with van der Waals surface area (Å²) in [6.07, 6.45) is 11.6. The van der Waals surface area contributed by atoms with Crippen LogP contribution in [0.4, 0.5) is 0 Å². The fourth-order valence-corrected chi connectivity index (χ4v) is 4.22. The Morgan fingerprint density at radius 1 is 1.07 bits per heavy atom. The number of aliphatic hydroxyl groups is 3. The van der Waals surface area contributed by atoms with Crippen LogP contribution in [0, 0.1) is 11.8 Å². The monoisotopic (exact) mass is 426 g/mol. The minimum absolute atomic E-state index is 0.00621. The molecule has 0 saturated heterocycles. The summed E-state index contributed by atoms with van der Waals surface area (Å²) in [7, 11) is 0. The molecule has 6 heteroatoms. The highest BCUT2D eigenvalue weighted by Crippen LogP contribution is 2.37. The predicted octanol–water partition coefficient (Wildman–Crippen LogP) is 3.70. The van der Waals surface area contributed by atoms with E-state index in [0.717, 1.165) is 51.4 Å². The minimum Gasteiger partial charge on any atom is -0.458 e. The van der Waals surface area contributed by atoms with Crippen molar-refractivity contribution in [1.29, 1.82) is 0 Å². The maximum absolute atomic E-state index is 11.6. The normalized spacial score (nSPS) is 26.1. The predicted molar refractivity (Wildman–Crippen MR) is 117 cm³/mol. The number of rotatable bonds is 15. The zero-order chi connectivity index (χ0) is 22.6. The van der Waals surface area contributed by atoms with Crippen LogP contribution >= 0.6 is 0 Å². The van der Waals surface area contributed by atoms with Gasteiger partial charge in [-0.25, -0.2) is 0 Å². The number of carbonyl (C=O) groups is 2. The lowest BCUT2D eigenvalue weighted by atomic mass is 9.86. The minimum atomic E-state index is -0.883. The Kier molecular flexibility index (Phi) is 12.5. The largest absolute Gasteiger partial charge is 0.458 e. The molecule has 6 nitrogen and oxygen atoms in total. The van der Waals surface area contributed by atoms with Gasteiger partial charge in [0, 0.05) is 25.7 Å². The van der Waals surface area contributed by atoms with E-state index >= 15 is 0 Å². The molecule has 0 aliphatic heterocycles. The molecule has 5 atom stereocenters. The topological polar surface area (TPSA) is 104 Å². The third-order valence-corrected chi connectivity index (χ3v) is 6.06. The third-order valence-electron chi connectivity index (χ3n) is 6.06. The van der Waals surface area contributed by atoms with Crippen LogP contribution in [0.3, 0.4) is 0 Å². The van der Waals surface area contributed by atoms with Gasteiger partial charge in [-0.05, 0) is 32.1 Å². The fourth-order valence-electron chi connectivity index (χ4n) is 4.22. The van der Waals surface area contributed by atoms with Crippen molar-refractivity contribution < 1.29 is 29.6 Å². The van der Waals surface area contributed by atoms with Crippen LogP contribution in [-0.2, 0) is 14.3 Å². The van der Waals surface area contributed by atoms with Gasteiger partial charge in [0.25, 0.3) is 0 Å². The molecule has 0 aromatic carbocycles. The van der Waals surface area contributed by atoms with Crippen molar-refractivity contribution in [3.05, 3.63) is 12.2 Å². The van der Waals surface area contributed by atoms with E-state index in [1.165, 1.54) is 6.92 Å². The molecule has 0 aromatic rings. The maximum atomic E-state index is 11.6. The molecule has 0 spiro atoms. The van der Waals surface area contributed by atoms with Gasteiger partial charge in [-0.15, -0.1) is 0 Å². The number of esters is 1. The fraction of sp³-hybridized carbons (Fsp3) is 0.833. The number of carbonyl (C=O) groups excluding carboxylic acids is 2. The van der Waals surface area contributed by atoms with Crippen molar-refractivity contribution in [3.8, 4) is 0 Å². The molecule has 0 amide bonds. The van der Waals surface area contributed by atoms with Gasteiger partial charge in [0.2, 0.25) is 0 Å². The Morgan fingerprint density at radius 2 is 1.77 bits per heavy atom. The Balaban J connectivity index is 2.37. The second-order valence-electron chi connectivity index (χ2n) is 9.06. The van der Waals surface area contributed by atoms with Crippen molar-refractivity contribution in [3.63, 3.8) is 0 Å². The standard InChI is InChI=1S/C24H42O6/c1-4-5-10-14-24(3,29)15-13-21-20(22(27)16-23(21)28)12-9-7-6-8-11-19(26)17-30-18(2)25/h13,15,20-23,27-29H,4-12,14,16-17H2,1-3H3/b15-13+/t20-,21-,22+,23-,24?/m1/s1. The molecule has 0 heterocycles. The van der Waals surface area contributed by atoms with Crippen LogP contribution in [-0.4, -0.2) is 51.5 Å². The van der Waals surface area contributed by atoms with E-state index in [0.29, 0.717) is 19.3 Å². The number of Topliss-reactive ketones (excluding diaryl/α,β-unsaturated/α-hetero) is 1. The summed E-state index contributed by atoms with van der Waals surface area (Å²) in [6, 6.07) is 0. The molecular weight excluding hydrogens is 384 g/mol. The lowest BCUT2D eigenvalue weighted by Gasteiger charge is -2.23. The molecular formula is C24H42O6. The van der Waals surface area contributed by atoms with Gasteiger partial charge in [-0.2, -0.15) is 0 Å². The number of hydrogen-bond acceptors (Lipinski definition) is 6. The first-order valence-corrected chi connectivity index (χ1v) is 11.6. The van der Waals surface area contributed by atoms with E-state index in [2.05, 4.69) is 6.92 Å². The van der Waals surface area contributed by atoms with Crippen molar-refractivity contribution in [1.82, 2.24) is 0 Å². The third kappa shape index (κ3) is 10.7. The summed E-state index contributed by atoms with van der Waals surface area (Å²) in [6.45, 7) is 5.08. The van der Waals surface area contributed by atoms with Gasteiger partial charge in [0.15, 0.2) is 5.78 Å². The van der Waals surface area contributed by atoms with E-state index in [9.17, 15) is 24.9 Å². The average molecular weight is 427 g/mol. The molecule has 0 bridgehead atoms. The Bertz CT molecular complexity index is 542. The molecule has 1 aliphatic carbocycles. The highest BCUT2D eigenvalue weighted by molar-refractivity contribution is 5.81. The first-order chi connectivity index (χ1) is 14.2. The van der Waals surface area contributed by atoms with Gasteiger partial charge in [0.1, 0.15) is 6.61 Å². The second kappa shape index (κ2) is 13.9. The number of ether oxygens (including phenoxy) is 1. The van der Waals surface area contributed by atoms with Crippen molar-refractivity contribution >= 4 is 11.8 Å². The molecule has 1 unspecified atom stereocenters. The Labute approximate surface area is 181 Å². The summed E-state index contributed by atoms with van der Waals surface area (Å²) >= 11 is 0. The molecule has 1 saturated carbocycles. The lowest BCUT2D eigenvalue weighted by Crippen LogP contribution is -2.24. The van der Waals surface area contributed by atoms with E-state index in [1.807, 2.05) is 6.08 Å². The second-order valence-corrected chi connectivity index (χ2v) is 9.06. The SMILES string of the molecule is CCCCCC(C)(O)/C=C/[C@@H]1[C@@H](CCCCCCC(=O)COC(C)=O)[C@@H](O)C[C@H]1O. The van der Waals surface area contributed by atoms with Crippen LogP contribution in [0.1, 0.15) is 91.4 Å². The summed E-state index contributed by atoms with van der Waals surface area (Å²) < 4.78 is 4.69. The maximum Gasteiger partial charge on any atom is 0.303 e. The van der Waals surface area contributed by atoms with Crippen molar-refractivity contribution in [2.45, 2.75) is 109 Å².